The van der Waals surface area contributed by atoms with E-state index in [4.69, 9.17) is 9.57 Å². The number of hydrogen-bond donors (Lipinski definition) is 0. The van der Waals surface area contributed by atoms with Crippen LogP contribution in [0.4, 0.5) is 0 Å². The molecule has 1 aliphatic heterocycles. The summed E-state index contributed by atoms with van der Waals surface area (Å²) < 4.78 is 6.02. The molecule has 0 fully saturated rings. The van der Waals surface area contributed by atoms with Gasteiger partial charge in [-0.2, -0.15) is 5.17 Å². The fourth-order valence-corrected chi connectivity index (χ4v) is 3.64. The van der Waals surface area contributed by atoms with E-state index in [-0.39, 0.29) is 6.04 Å². The number of ether oxygens (including phenoxy) is 1. The molecule has 0 aromatic heterocycles. The van der Waals surface area contributed by atoms with Crippen LogP contribution in [0.5, 0.6) is 0 Å². The van der Waals surface area contributed by atoms with Gasteiger partial charge in [0, 0.05) is 18.7 Å². The maximum Gasteiger partial charge on any atom is 0.147 e. The second kappa shape index (κ2) is 9.04. The van der Waals surface area contributed by atoms with Gasteiger partial charge in [0.15, 0.2) is 0 Å². The smallest absolute Gasteiger partial charge is 0.147 e. The average Bonchev–Trinajstić information content (AvgIpc) is 2.73. The molecule has 0 amide bonds. The van der Waals surface area contributed by atoms with E-state index < -0.39 is 0 Å². The summed E-state index contributed by atoms with van der Waals surface area (Å²) in [5.41, 5.74) is 3.21. The van der Waals surface area contributed by atoms with Gasteiger partial charge < -0.3 is 4.74 Å². The van der Waals surface area contributed by atoms with E-state index in [0.29, 0.717) is 6.61 Å². The lowest BCUT2D eigenvalue weighted by molar-refractivity contribution is -0.328. The molecule has 5 nitrogen and oxygen atoms in total. The molecule has 0 bridgehead atoms. The second-order valence-corrected chi connectivity index (χ2v) is 6.23. The van der Waals surface area contributed by atoms with Gasteiger partial charge >= 0.3 is 0 Å². The molecule has 27 heavy (non-hydrogen) atoms. The van der Waals surface area contributed by atoms with Crippen molar-refractivity contribution < 1.29 is 9.57 Å². The first-order chi connectivity index (χ1) is 13.3. The zero-order chi connectivity index (χ0) is 19.2. The Balaban J connectivity index is 2.25. The van der Waals surface area contributed by atoms with E-state index in [1.807, 2.05) is 36.4 Å². The quantitative estimate of drug-likeness (QED) is 0.719. The first-order valence-electron chi connectivity index (χ1n) is 9.62. The fourth-order valence-electron chi connectivity index (χ4n) is 3.64. The van der Waals surface area contributed by atoms with Crippen molar-refractivity contribution in [2.75, 3.05) is 26.8 Å². The SMILES string of the molecule is CCON1C(c2ccccc2)=C(OC)C(c2ccccc2)N(CC)N1CC. The number of hydroxylamine groups is 1. The molecule has 1 heterocycles. The number of hydrogen-bond acceptors (Lipinski definition) is 5. The molecule has 0 N–H and O–H groups in total. The Bertz CT molecular complexity index is 749. The first kappa shape index (κ1) is 19.4. The topological polar surface area (TPSA) is 28.2 Å². The summed E-state index contributed by atoms with van der Waals surface area (Å²) in [5.74, 6) is 0.882. The first-order valence-corrected chi connectivity index (χ1v) is 9.62. The van der Waals surface area contributed by atoms with Crippen LogP contribution in [-0.2, 0) is 9.57 Å². The Kier molecular flexibility index (Phi) is 6.50. The number of nitrogens with zero attached hydrogens (tertiary/aromatic N) is 3. The maximum absolute atomic E-state index is 6.08. The van der Waals surface area contributed by atoms with E-state index in [2.05, 4.69) is 60.4 Å². The van der Waals surface area contributed by atoms with Crippen molar-refractivity contribution in [3.05, 3.63) is 77.5 Å². The van der Waals surface area contributed by atoms with Crippen LogP contribution in [0.2, 0.25) is 0 Å². The lowest BCUT2D eigenvalue weighted by Gasteiger charge is -2.50. The van der Waals surface area contributed by atoms with Gasteiger partial charge in [-0.15, -0.1) is 5.12 Å². The summed E-state index contributed by atoms with van der Waals surface area (Å²) in [7, 11) is 1.74. The van der Waals surface area contributed by atoms with Gasteiger partial charge in [-0.05, 0) is 19.4 Å². The predicted octanol–water partition coefficient (Wildman–Crippen LogP) is 4.48. The minimum atomic E-state index is -0.0203. The number of rotatable bonds is 7. The highest BCUT2D eigenvalue weighted by atomic mass is 16.7. The Morgan fingerprint density at radius 1 is 0.852 bits per heavy atom. The summed E-state index contributed by atoms with van der Waals surface area (Å²) in [6, 6.07) is 20.8. The van der Waals surface area contributed by atoms with Gasteiger partial charge in [-0.25, -0.2) is 5.01 Å². The standard InChI is InChI=1S/C22H29N3O2/c1-5-23-20(18-14-10-8-11-15-18)22(26-4)21(19-16-12-9-13-17-19)25(27-7-3)24(23)6-2/h8-17,20H,5-7H2,1-4H3. The third-order valence-electron chi connectivity index (χ3n) is 4.72. The number of hydrazine groups is 2. The van der Waals surface area contributed by atoms with Crippen LogP contribution in [0, 0.1) is 0 Å². The van der Waals surface area contributed by atoms with Gasteiger partial charge in [0.2, 0.25) is 0 Å². The summed E-state index contributed by atoms with van der Waals surface area (Å²) in [6.07, 6.45) is 0. The van der Waals surface area contributed by atoms with Crippen LogP contribution >= 0.6 is 0 Å². The van der Waals surface area contributed by atoms with E-state index in [1.54, 1.807) is 7.11 Å². The Hall–Kier alpha value is -2.34. The highest BCUT2D eigenvalue weighted by Gasteiger charge is 2.41. The van der Waals surface area contributed by atoms with Crippen LogP contribution in [0.3, 0.4) is 0 Å². The molecule has 144 valence electrons. The molecule has 0 saturated heterocycles. The molecule has 0 spiro atoms. The normalized spacial score (nSPS) is 18.8. The Morgan fingerprint density at radius 2 is 1.48 bits per heavy atom. The second-order valence-electron chi connectivity index (χ2n) is 6.23. The van der Waals surface area contributed by atoms with Crippen LogP contribution in [0.15, 0.2) is 66.4 Å². The van der Waals surface area contributed by atoms with Crippen LogP contribution in [0.25, 0.3) is 5.70 Å². The molecule has 2 aromatic carbocycles. The minimum absolute atomic E-state index is 0.0203. The van der Waals surface area contributed by atoms with Crippen molar-refractivity contribution >= 4 is 5.70 Å². The van der Waals surface area contributed by atoms with Crippen molar-refractivity contribution in [2.24, 2.45) is 0 Å². The summed E-state index contributed by atoms with van der Waals surface area (Å²) >= 11 is 0. The molecule has 5 heteroatoms. The van der Waals surface area contributed by atoms with Crippen molar-refractivity contribution in [3.63, 3.8) is 0 Å². The molecular formula is C22H29N3O2. The highest BCUT2D eigenvalue weighted by molar-refractivity contribution is 5.67. The molecule has 0 saturated carbocycles. The van der Waals surface area contributed by atoms with Gasteiger partial charge in [0.05, 0.1) is 13.7 Å². The molecular weight excluding hydrogens is 338 g/mol. The summed E-state index contributed by atoms with van der Waals surface area (Å²) in [4.78, 5) is 6.08. The monoisotopic (exact) mass is 367 g/mol. The van der Waals surface area contributed by atoms with Crippen LogP contribution in [-0.4, -0.2) is 42.1 Å². The predicted molar refractivity (Wildman–Crippen MR) is 108 cm³/mol. The zero-order valence-electron chi connectivity index (χ0n) is 16.6. The average molecular weight is 367 g/mol. The number of methoxy groups -OCH3 is 1. The fraction of sp³-hybridized carbons (Fsp3) is 0.364. The van der Waals surface area contributed by atoms with E-state index in [9.17, 15) is 0 Å². The van der Waals surface area contributed by atoms with Crippen molar-refractivity contribution in [3.8, 4) is 0 Å². The summed E-state index contributed by atoms with van der Waals surface area (Å²) in [6.45, 7) is 8.47. The van der Waals surface area contributed by atoms with Crippen molar-refractivity contribution in [1.82, 2.24) is 15.3 Å². The van der Waals surface area contributed by atoms with Gasteiger partial charge in [-0.3, -0.25) is 4.84 Å². The van der Waals surface area contributed by atoms with Gasteiger partial charge in [-0.1, -0.05) is 67.6 Å². The summed E-state index contributed by atoms with van der Waals surface area (Å²) in [5, 5.41) is 6.33. The number of likely N-dealkylation sites (N-methyl/N-ethyl adjacent to an activating group) is 1. The molecule has 0 radical (unpaired) electrons. The lowest BCUT2D eigenvalue weighted by Crippen LogP contribution is -2.57. The Labute approximate surface area is 162 Å². The van der Waals surface area contributed by atoms with Crippen molar-refractivity contribution in [1.29, 1.82) is 0 Å². The molecule has 1 unspecified atom stereocenters. The van der Waals surface area contributed by atoms with E-state index in [0.717, 1.165) is 30.1 Å². The highest BCUT2D eigenvalue weighted by Crippen LogP contribution is 2.42. The zero-order valence-corrected chi connectivity index (χ0v) is 16.6. The van der Waals surface area contributed by atoms with E-state index >= 15 is 0 Å². The number of benzene rings is 2. The molecule has 1 atom stereocenters. The van der Waals surface area contributed by atoms with Crippen LogP contribution < -0.4 is 0 Å². The van der Waals surface area contributed by atoms with E-state index in [1.165, 1.54) is 5.56 Å². The molecule has 1 aliphatic rings. The molecule has 3 rings (SSSR count). The molecule has 0 aliphatic carbocycles. The van der Waals surface area contributed by atoms with Gasteiger partial charge in [0.25, 0.3) is 0 Å². The minimum Gasteiger partial charge on any atom is -0.497 e. The van der Waals surface area contributed by atoms with Gasteiger partial charge in [0.1, 0.15) is 17.5 Å². The lowest BCUT2D eigenvalue weighted by atomic mass is 9.99. The third-order valence-corrected chi connectivity index (χ3v) is 4.72. The third kappa shape index (κ3) is 3.72. The largest absolute Gasteiger partial charge is 0.497 e. The Morgan fingerprint density at radius 3 is 2.00 bits per heavy atom. The van der Waals surface area contributed by atoms with Crippen LogP contribution in [0.1, 0.15) is 37.9 Å². The maximum atomic E-state index is 6.08. The molecule has 2 aromatic rings. The van der Waals surface area contributed by atoms with Crippen molar-refractivity contribution in [2.45, 2.75) is 26.8 Å².